The fraction of sp³-hybridized carbons (Fsp3) is 0.250. The van der Waals surface area contributed by atoms with Crippen LogP contribution in [0.1, 0.15) is 31.1 Å². The lowest BCUT2D eigenvalue weighted by atomic mass is 10.1. The van der Waals surface area contributed by atoms with Crippen LogP contribution < -0.4 is 21.1 Å². The maximum atomic E-state index is 13.0. The molecule has 0 bridgehead atoms. The Labute approximate surface area is 216 Å². The van der Waals surface area contributed by atoms with E-state index in [-0.39, 0.29) is 40.0 Å². The average Bonchev–Trinajstić information content (AvgIpc) is 3.24. The molecule has 0 aliphatic rings. The second kappa shape index (κ2) is 11.5. The van der Waals surface area contributed by atoms with E-state index in [1.807, 2.05) is 13.8 Å². The summed E-state index contributed by atoms with van der Waals surface area (Å²) in [5.41, 5.74) is 7.23. The van der Waals surface area contributed by atoms with E-state index in [9.17, 15) is 18.0 Å². The first-order valence-corrected chi connectivity index (χ1v) is 11.1. The number of hydrogen-bond acceptors (Lipinski definition) is 8. The lowest BCUT2D eigenvalue weighted by molar-refractivity contribution is -0.142. The first-order chi connectivity index (χ1) is 17.9. The van der Waals surface area contributed by atoms with E-state index >= 15 is 0 Å². The number of nitrogens with zero attached hydrogens (tertiary/aromatic N) is 6. The Balaban J connectivity index is 1.99. The van der Waals surface area contributed by atoms with E-state index in [2.05, 4.69) is 42.3 Å². The van der Waals surface area contributed by atoms with Crippen molar-refractivity contribution in [3.8, 4) is 17.1 Å². The molecule has 3 aromatic rings. The Morgan fingerprint density at radius 3 is 2.55 bits per heavy atom. The number of amides is 1. The van der Waals surface area contributed by atoms with Crippen molar-refractivity contribution in [2.45, 2.75) is 33.5 Å². The molecule has 0 saturated heterocycles. The van der Waals surface area contributed by atoms with E-state index in [1.54, 1.807) is 25.1 Å². The third-order valence-corrected chi connectivity index (χ3v) is 4.80. The van der Waals surface area contributed by atoms with Crippen LogP contribution >= 0.6 is 0 Å². The second-order valence-corrected chi connectivity index (χ2v) is 8.14. The fourth-order valence-electron chi connectivity index (χ4n) is 3.48. The van der Waals surface area contributed by atoms with Crippen LogP contribution in [-0.4, -0.2) is 50.5 Å². The van der Waals surface area contributed by atoms with Crippen LogP contribution in [0.3, 0.4) is 0 Å². The normalized spacial score (nSPS) is 11.6. The SMILES string of the molecule is C=C(N=C(C)N=C(C)C)Nc1cc(Nc2cccc(-c3ncnn3CC(F)(F)F)c2OC)c(C(N)=O)cn1. The molecular weight excluding hydrogens is 503 g/mol. The summed E-state index contributed by atoms with van der Waals surface area (Å²) in [7, 11) is 1.35. The van der Waals surface area contributed by atoms with Crippen molar-refractivity contribution in [1.82, 2.24) is 19.7 Å². The van der Waals surface area contributed by atoms with Crippen LogP contribution in [0.5, 0.6) is 5.75 Å². The molecule has 14 heteroatoms. The molecule has 0 fully saturated rings. The highest BCUT2D eigenvalue weighted by Crippen LogP contribution is 2.38. The molecule has 11 nitrogen and oxygen atoms in total. The van der Waals surface area contributed by atoms with Crippen molar-refractivity contribution < 1.29 is 22.7 Å². The van der Waals surface area contributed by atoms with Gasteiger partial charge in [-0.05, 0) is 32.9 Å². The number of anilines is 3. The first-order valence-electron chi connectivity index (χ1n) is 11.1. The maximum absolute atomic E-state index is 13.0. The predicted molar refractivity (Wildman–Crippen MR) is 139 cm³/mol. The predicted octanol–water partition coefficient (Wildman–Crippen LogP) is 4.54. The number of halogens is 3. The average molecular weight is 530 g/mol. The molecule has 200 valence electrons. The number of rotatable bonds is 9. The Kier molecular flexibility index (Phi) is 8.45. The zero-order valence-corrected chi connectivity index (χ0v) is 21.1. The van der Waals surface area contributed by atoms with E-state index in [0.29, 0.717) is 11.5 Å². The van der Waals surface area contributed by atoms with Gasteiger partial charge in [-0.25, -0.2) is 24.6 Å². The van der Waals surface area contributed by atoms with Crippen LogP contribution in [0.4, 0.5) is 30.4 Å². The number of methoxy groups -OCH3 is 1. The minimum atomic E-state index is -4.50. The Morgan fingerprint density at radius 1 is 1.18 bits per heavy atom. The first kappa shape index (κ1) is 27.8. The number of amidine groups is 1. The van der Waals surface area contributed by atoms with E-state index in [4.69, 9.17) is 10.5 Å². The second-order valence-electron chi connectivity index (χ2n) is 8.14. The molecule has 1 amide bonds. The molecule has 38 heavy (non-hydrogen) atoms. The molecule has 0 atom stereocenters. The summed E-state index contributed by atoms with van der Waals surface area (Å²) in [6.07, 6.45) is -2.21. The van der Waals surface area contributed by atoms with Crippen molar-refractivity contribution in [2.24, 2.45) is 15.7 Å². The lowest BCUT2D eigenvalue weighted by Gasteiger charge is -2.17. The van der Waals surface area contributed by atoms with E-state index in [1.165, 1.54) is 19.4 Å². The maximum Gasteiger partial charge on any atom is 0.408 e. The van der Waals surface area contributed by atoms with Crippen molar-refractivity contribution in [3.05, 3.63) is 54.8 Å². The number of nitrogens with two attached hydrogens (primary N) is 1. The highest BCUT2D eigenvalue weighted by molar-refractivity contribution is 6.00. The number of aromatic nitrogens is 4. The molecule has 0 radical (unpaired) electrons. The van der Waals surface area contributed by atoms with Gasteiger partial charge in [-0.1, -0.05) is 12.6 Å². The fourth-order valence-corrected chi connectivity index (χ4v) is 3.48. The molecule has 1 aromatic carbocycles. The van der Waals surface area contributed by atoms with Crippen LogP contribution in [0.2, 0.25) is 0 Å². The number of hydrogen-bond donors (Lipinski definition) is 3. The summed E-state index contributed by atoms with van der Waals surface area (Å²) in [5, 5.41) is 9.65. The smallest absolute Gasteiger partial charge is 0.408 e. The van der Waals surface area contributed by atoms with Gasteiger partial charge in [0.05, 0.1) is 29.6 Å². The minimum absolute atomic E-state index is 0.0514. The number of aliphatic imine (C=N–C) groups is 2. The van der Waals surface area contributed by atoms with Gasteiger partial charge in [0.1, 0.15) is 30.3 Å². The molecule has 4 N–H and O–H groups in total. The molecule has 0 unspecified atom stereocenters. The topological polar surface area (TPSA) is 145 Å². The van der Waals surface area contributed by atoms with Gasteiger partial charge in [-0.2, -0.15) is 18.3 Å². The Bertz CT molecular complexity index is 1410. The number of ether oxygens (including phenoxy) is 1. The minimum Gasteiger partial charge on any atom is -0.494 e. The molecule has 2 aromatic heterocycles. The molecule has 3 rings (SSSR count). The molecule has 0 aliphatic heterocycles. The van der Waals surface area contributed by atoms with Gasteiger partial charge in [0.2, 0.25) is 0 Å². The third kappa shape index (κ3) is 7.15. The van der Waals surface area contributed by atoms with Gasteiger partial charge < -0.3 is 21.1 Å². The van der Waals surface area contributed by atoms with E-state index in [0.717, 1.165) is 16.7 Å². The quantitative estimate of drug-likeness (QED) is 0.273. The van der Waals surface area contributed by atoms with Gasteiger partial charge >= 0.3 is 6.18 Å². The van der Waals surface area contributed by atoms with Gasteiger partial charge in [0.15, 0.2) is 11.6 Å². The lowest BCUT2D eigenvalue weighted by Crippen LogP contribution is -2.19. The summed E-state index contributed by atoms with van der Waals surface area (Å²) in [4.78, 5) is 28.7. The van der Waals surface area contributed by atoms with Crippen LogP contribution in [0.25, 0.3) is 11.4 Å². The summed E-state index contributed by atoms with van der Waals surface area (Å²) in [6, 6.07) is 6.25. The zero-order valence-electron chi connectivity index (χ0n) is 21.1. The molecule has 2 heterocycles. The molecule has 0 saturated carbocycles. The standard InChI is InChI=1S/C24H26F3N9O2/c1-13(2)32-14(3)33-15(4)34-20-9-19(17(10-29-20)22(28)37)35-18-8-6-7-16(21(18)38-5)23-30-12-31-36(23)11-24(25,26)27/h6-10,12H,4,11H2,1-3,5H3,(H2,28,37)(H2,29,34,35). The molecule has 0 aliphatic carbocycles. The van der Waals surface area contributed by atoms with Crippen LogP contribution in [0.15, 0.2) is 59.2 Å². The van der Waals surface area contributed by atoms with Crippen molar-refractivity contribution in [2.75, 3.05) is 17.7 Å². The number of benzene rings is 1. The van der Waals surface area contributed by atoms with Gasteiger partial charge in [-0.3, -0.25) is 4.79 Å². The van der Waals surface area contributed by atoms with Crippen molar-refractivity contribution in [1.29, 1.82) is 0 Å². The van der Waals surface area contributed by atoms with Crippen molar-refractivity contribution in [3.63, 3.8) is 0 Å². The van der Waals surface area contributed by atoms with E-state index < -0.39 is 18.6 Å². The van der Waals surface area contributed by atoms with Crippen LogP contribution in [0, 0.1) is 0 Å². The Hall–Kier alpha value is -4.75. The monoisotopic (exact) mass is 529 g/mol. The number of carbonyl (C=O) groups is 1. The third-order valence-electron chi connectivity index (χ3n) is 4.80. The highest BCUT2D eigenvalue weighted by Gasteiger charge is 2.30. The largest absolute Gasteiger partial charge is 0.494 e. The van der Waals surface area contributed by atoms with Gasteiger partial charge in [-0.15, -0.1) is 0 Å². The van der Waals surface area contributed by atoms with Gasteiger partial charge in [0, 0.05) is 18.0 Å². The molecule has 0 spiro atoms. The van der Waals surface area contributed by atoms with Gasteiger partial charge in [0.25, 0.3) is 5.91 Å². The molecular formula is C24H26F3N9O2. The number of primary amides is 1. The summed E-state index contributed by atoms with van der Waals surface area (Å²) in [6.45, 7) is 7.89. The summed E-state index contributed by atoms with van der Waals surface area (Å²) in [5.74, 6) is 0.381. The number of pyridine rings is 1. The highest BCUT2D eigenvalue weighted by atomic mass is 19.4. The van der Waals surface area contributed by atoms with Crippen LogP contribution in [-0.2, 0) is 6.54 Å². The zero-order chi connectivity index (χ0) is 28.0. The number of carbonyl (C=O) groups excluding carboxylic acids is 1. The summed E-state index contributed by atoms with van der Waals surface area (Å²) < 4.78 is 45.3. The Morgan fingerprint density at radius 2 is 1.92 bits per heavy atom. The number of para-hydroxylation sites is 1. The number of nitrogens with one attached hydrogen (secondary N) is 2. The summed E-state index contributed by atoms with van der Waals surface area (Å²) >= 11 is 0. The van der Waals surface area contributed by atoms with Crippen molar-refractivity contribution >= 4 is 34.6 Å². The number of alkyl halides is 3.